The van der Waals surface area contributed by atoms with Crippen molar-refractivity contribution in [2.45, 2.75) is 13.8 Å². The summed E-state index contributed by atoms with van der Waals surface area (Å²) in [4.78, 5) is 39.3. The molecule has 0 N–H and O–H groups in total. The number of carbonyl (C=O) groups excluding carboxylic acids is 2. The summed E-state index contributed by atoms with van der Waals surface area (Å²) >= 11 is 1.41. The van der Waals surface area contributed by atoms with Crippen LogP contribution in [0.4, 0.5) is 11.5 Å². The number of rotatable bonds is 3. The van der Waals surface area contributed by atoms with Crippen molar-refractivity contribution in [3.05, 3.63) is 39.8 Å². The highest BCUT2D eigenvalue weighted by Crippen LogP contribution is 2.31. The number of imide groups is 1. The van der Waals surface area contributed by atoms with Crippen LogP contribution in [0, 0.1) is 10.1 Å². The first-order valence-electron chi connectivity index (χ1n) is 5.92. The highest BCUT2D eigenvalue weighted by molar-refractivity contribution is 7.13. The van der Waals surface area contributed by atoms with Gasteiger partial charge in [-0.3, -0.25) is 19.7 Å². The normalized spacial score (nSPS) is 10.2. The Morgan fingerprint density at radius 3 is 2.38 bits per heavy atom. The molecule has 0 bridgehead atoms. The topological polar surface area (TPSA) is 93.4 Å². The minimum atomic E-state index is -0.667. The minimum absolute atomic E-state index is 0.258. The number of amides is 2. The summed E-state index contributed by atoms with van der Waals surface area (Å²) < 4.78 is 0. The monoisotopic (exact) mass is 305 g/mol. The Hall–Kier alpha value is -2.61. The molecule has 0 aliphatic heterocycles. The number of aromatic nitrogens is 1. The maximum atomic E-state index is 11.6. The van der Waals surface area contributed by atoms with Crippen LogP contribution in [-0.2, 0) is 9.59 Å². The van der Waals surface area contributed by atoms with Crippen molar-refractivity contribution in [2.75, 3.05) is 4.90 Å². The Kier molecular flexibility index (Phi) is 4.08. The Morgan fingerprint density at radius 2 is 1.90 bits per heavy atom. The Bertz CT molecular complexity index is 698. The van der Waals surface area contributed by atoms with Crippen LogP contribution in [0.3, 0.4) is 0 Å². The summed E-state index contributed by atoms with van der Waals surface area (Å²) in [5.41, 5.74) is 0.0822. The molecule has 108 valence electrons. The number of pyridine rings is 1. The summed E-state index contributed by atoms with van der Waals surface area (Å²) in [7, 11) is 0. The molecule has 0 saturated carbocycles. The summed E-state index contributed by atoms with van der Waals surface area (Å²) in [5, 5.41) is 12.9. The van der Waals surface area contributed by atoms with Gasteiger partial charge in [0.1, 0.15) is 0 Å². The van der Waals surface area contributed by atoms with E-state index in [0.29, 0.717) is 10.6 Å². The molecule has 7 nitrogen and oxygen atoms in total. The number of anilines is 1. The van der Waals surface area contributed by atoms with Gasteiger partial charge < -0.3 is 0 Å². The number of hydrogen-bond acceptors (Lipinski definition) is 6. The van der Waals surface area contributed by atoms with Crippen molar-refractivity contribution in [2.24, 2.45) is 0 Å². The maximum Gasteiger partial charge on any atom is 0.312 e. The van der Waals surface area contributed by atoms with Gasteiger partial charge in [0.2, 0.25) is 17.6 Å². The molecule has 2 rings (SSSR count). The molecule has 0 saturated heterocycles. The maximum absolute atomic E-state index is 11.6. The lowest BCUT2D eigenvalue weighted by atomic mass is 10.2. The van der Waals surface area contributed by atoms with E-state index >= 15 is 0 Å². The second-order valence-corrected chi connectivity index (χ2v) is 5.09. The van der Waals surface area contributed by atoms with Crippen LogP contribution in [-0.4, -0.2) is 21.7 Å². The third-order valence-electron chi connectivity index (χ3n) is 2.67. The van der Waals surface area contributed by atoms with Crippen molar-refractivity contribution in [3.63, 3.8) is 0 Å². The molecule has 2 amide bonds. The van der Waals surface area contributed by atoms with Crippen molar-refractivity contribution < 1.29 is 14.5 Å². The first kappa shape index (κ1) is 14.8. The van der Waals surface area contributed by atoms with Gasteiger partial charge in [-0.15, -0.1) is 11.3 Å². The van der Waals surface area contributed by atoms with E-state index in [4.69, 9.17) is 0 Å². The molecule has 0 spiro atoms. The summed E-state index contributed by atoms with van der Waals surface area (Å²) in [6.07, 6.45) is 0. The van der Waals surface area contributed by atoms with Crippen LogP contribution in [0.1, 0.15) is 13.8 Å². The van der Waals surface area contributed by atoms with Crippen molar-refractivity contribution in [1.82, 2.24) is 4.98 Å². The van der Waals surface area contributed by atoms with Gasteiger partial charge in [-0.1, -0.05) is 6.07 Å². The van der Waals surface area contributed by atoms with Gasteiger partial charge >= 0.3 is 5.69 Å². The van der Waals surface area contributed by atoms with E-state index < -0.39 is 16.7 Å². The Morgan fingerprint density at radius 1 is 1.24 bits per heavy atom. The molecular formula is C13H11N3O4S. The number of nitro groups is 1. The summed E-state index contributed by atoms with van der Waals surface area (Å²) in [5.74, 6) is -1.51. The van der Waals surface area contributed by atoms with Crippen LogP contribution in [0.25, 0.3) is 10.6 Å². The zero-order valence-corrected chi connectivity index (χ0v) is 12.1. The first-order chi connectivity index (χ1) is 9.91. The molecule has 2 aromatic heterocycles. The lowest BCUT2D eigenvalue weighted by Gasteiger charge is -2.16. The molecule has 0 radical (unpaired) electrons. The van der Waals surface area contributed by atoms with Gasteiger partial charge in [0.05, 0.1) is 15.5 Å². The minimum Gasteiger partial charge on any atom is -0.274 e. The second kappa shape index (κ2) is 5.80. The second-order valence-electron chi connectivity index (χ2n) is 4.15. The third kappa shape index (κ3) is 2.95. The Labute approximate surface area is 124 Å². The lowest BCUT2D eigenvalue weighted by molar-refractivity contribution is -0.384. The van der Waals surface area contributed by atoms with Gasteiger partial charge in [0.25, 0.3) is 0 Å². The van der Waals surface area contributed by atoms with Crippen molar-refractivity contribution in [3.8, 4) is 10.6 Å². The van der Waals surface area contributed by atoms with Gasteiger partial charge in [-0.25, -0.2) is 9.88 Å². The van der Waals surface area contributed by atoms with Crippen LogP contribution in [0.5, 0.6) is 0 Å². The fourth-order valence-electron chi connectivity index (χ4n) is 1.83. The molecule has 2 heterocycles. The number of carbonyl (C=O) groups is 2. The van der Waals surface area contributed by atoms with E-state index in [9.17, 15) is 19.7 Å². The number of thiophene rings is 1. The standard InChI is InChI=1S/C13H11N3O4S/c1-8(17)15(9(2)18)13-11(16(19)20)6-5-10(14-13)12-4-3-7-21-12/h3-7H,1-2H3. The Balaban J connectivity index is 2.64. The highest BCUT2D eigenvalue weighted by atomic mass is 32.1. The molecule has 0 aromatic carbocycles. The third-order valence-corrected chi connectivity index (χ3v) is 3.56. The summed E-state index contributed by atoms with van der Waals surface area (Å²) in [6.45, 7) is 2.31. The summed E-state index contributed by atoms with van der Waals surface area (Å²) in [6, 6.07) is 6.35. The molecule has 0 fully saturated rings. The average Bonchev–Trinajstić information content (AvgIpc) is 2.91. The van der Waals surface area contributed by atoms with Crippen LogP contribution in [0.2, 0.25) is 0 Å². The predicted molar refractivity (Wildman–Crippen MR) is 78.0 cm³/mol. The van der Waals surface area contributed by atoms with E-state index in [1.165, 1.54) is 23.5 Å². The molecule has 21 heavy (non-hydrogen) atoms. The van der Waals surface area contributed by atoms with E-state index in [2.05, 4.69) is 4.98 Å². The fraction of sp³-hybridized carbons (Fsp3) is 0.154. The van der Waals surface area contributed by atoms with Crippen molar-refractivity contribution in [1.29, 1.82) is 0 Å². The van der Waals surface area contributed by atoms with Gasteiger partial charge in [-0.2, -0.15) is 0 Å². The molecule has 8 heteroatoms. The van der Waals surface area contributed by atoms with Gasteiger partial charge in [-0.05, 0) is 17.5 Å². The lowest BCUT2D eigenvalue weighted by Crippen LogP contribution is -2.34. The zero-order chi connectivity index (χ0) is 15.6. The van der Waals surface area contributed by atoms with Crippen LogP contribution < -0.4 is 4.90 Å². The van der Waals surface area contributed by atoms with Gasteiger partial charge in [0, 0.05) is 19.9 Å². The first-order valence-corrected chi connectivity index (χ1v) is 6.80. The number of hydrogen-bond donors (Lipinski definition) is 0. The predicted octanol–water partition coefficient (Wildman–Crippen LogP) is 2.62. The van der Waals surface area contributed by atoms with Crippen LogP contribution >= 0.6 is 11.3 Å². The van der Waals surface area contributed by atoms with Crippen LogP contribution in [0.15, 0.2) is 29.6 Å². The SMILES string of the molecule is CC(=O)N(C(C)=O)c1nc(-c2cccs2)ccc1[N+](=O)[O-]. The van der Waals surface area contributed by atoms with E-state index in [-0.39, 0.29) is 11.5 Å². The van der Waals surface area contributed by atoms with E-state index in [1.54, 1.807) is 6.07 Å². The molecular weight excluding hydrogens is 294 g/mol. The molecule has 0 unspecified atom stereocenters. The zero-order valence-electron chi connectivity index (χ0n) is 11.3. The van der Waals surface area contributed by atoms with Gasteiger partial charge in [0.15, 0.2) is 0 Å². The average molecular weight is 305 g/mol. The quantitative estimate of drug-likeness (QED) is 0.642. The number of nitrogens with zero attached hydrogens (tertiary/aromatic N) is 3. The highest BCUT2D eigenvalue weighted by Gasteiger charge is 2.27. The molecule has 0 atom stereocenters. The van der Waals surface area contributed by atoms with E-state index in [1.807, 2.05) is 11.4 Å². The molecule has 0 aliphatic carbocycles. The largest absolute Gasteiger partial charge is 0.312 e. The fourth-order valence-corrected chi connectivity index (χ4v) is 2.52. The molecule has 0 aliphatic rings. The van der Waals surface area contributed by atoms with Crippen molar-refractivity contribution >= 4 is 34.7 Å². The molecule has 2 aromatic rings. The van der Waals surface area contributed by atoms with E-state index in [0.717, 1.165) is 18.7 Å². The smallest absolute Gasteiger partial charge is 0.274 e.